The van der Waals surface area contributed by atoms with E-state index >= 15 is 0 Å². The minimum atomic E-state index is -0.287. The molecule has 0 aliphatic carbocycles. The smallest absolute Gasteiger partial charge is 0.124 e. The molecule has 0 aliphatic rings. The first-order valence-electron chi connectivity index (χ1n) is 6.49. The molecule has 0 spiro atoms. The first-order valence-corrected chi connectivity index (χ1v) is 6.49. The van der Waals surface area contributed by atoms with Gasteiger partial charge in [0, 0.05) is 6.54 Å². The SMILES string of the molecule is COc1c(C)cc(CCNCC(C)O)c(C)c1C. The molecule has 0 heterocycles. The van der Waals surface area contributed by atoms with Crippen molar-refractivity contribution in [3.8, 4) is 5.75 Å². The largest absolute Gasteiger partial charge is 0.496 e. The van der Waals surface area contributed by atoms with Gasteiger partial charge in [-0.1, -0.05) is 6.07 Å². The van der Waals surface area contributed by atoms with E-state index in [-0.39, 0.29) is 6.10 Å². The predicted octanol–water partition coefficient (Wildman–Crippen LogP) is 2.13. The molecule has 0 aliphatic heterocycles. The highest BCUT2D eigenvalue weighted by molar-refractivity contribution is 5.49. The van der Waals surface area contributed by atoms with Crippen LogP contribution in [0.15, 0.2) is 6.07 Å². The van der Waals surface area contributed by atoms with E-state index in [1.54, 1.807) is 14.0 Å². The molecular formula is C15H25NO2. The summed E-state index contributed by atoms with van der Waals surface area (Å²) >= 11 is 0. The third-order valence-corrected chi connectivity index (χ3v) is 3.35. The van der Waals surface area contributed by atoms with Gasteiger partial charge in [0.05, 0.1) is 13.2 Å². The molecule has 0 radical (unpaired) electrons. The van der Waals surface area contributed by atoms with E-state index in [1.807, 2.05) is 0 Å². The number of rotatable bonds is 6. The fourth-order valence-electron chi connectivity index (χ4n) is 2.25. The van der Waals surface area contributed by atoms with Crippen molar-refractivity contribution in [3.05, 3.63) is 28.3 Å². The second kappa shape index (κ2) is 6.76. The number of hydrogen-bond acceptors (Lipinski definition) is 3. The highest BCUT2D eigenvalue weighted by Crippen LogP contribution is 2.28. The van der Waals surface area contributed by atoms with Crippen molar-refractivity contribution < 1.29 is 9.84 Å². The van der Waals surface area contributed by atoms with Crippen molar-refractivity contribution in [3.63, 3.8) is 0 Å². The van der Waals surface area contributed by atoms with Crippen LogP contribution in [0.5, 0.6) is 5.75 Å². The molecule has 0 fully saturated rings. The molecule has 1 unspecified atom stereocenters. The molecule has 1 aromatic rings. The summed E-state index contributed by atoms with van der Waals surface area (Å²) in [6.07, 6.45) is 0.690. The second-order valence-corrected chi connectivity index (χ2v) is 4.94. The molecule has 1 aromatic carbocycles. The quantitative estimate of drug-likeness (QED) is 0.761. The van der Waals surface area contributed by atoms with Crippen LogP contribution in [-0.2, 0) is 6.42 Å². The Kier molecular flexibility index (Phi) is 5.63. The number of nitrogens with one attached hydrogen (secondary N) is 1. The standard InChI is InChI=1S/C15H25NO2/c1-10-8-14(6-7-16-9-11(2)17)12(3)13(4)15(10)18-5/h8,11,16-17H,6-7,9H2,1-5H3. The number of aliphatic hydroxyl groups is 1. The monoisotopic (exact) mass is 251 g/mol. The summed E-state index contributed by atoms with van der Waals surface area (Å²) in [5, 5.41) is 12.4. The summed E-state index contributed by atoms with van der Waals surface area (Å²) in [7, 11) is 1.72. The summed E-state index contributed by atoms with van der Waals surface area (Å²) in [5.41, 5.74) is 5.06. The predicted molar refractivity (Wildman–Crippen MR) is 75.5 cm³/mol. The lowest BCUT2D eigenvalue weighted by Gasteiger charge is -2.16. The van der Waals surface area contributed by atoms with Crippen LogP contribution in [-0.4, -0.2) is 31.4 Å². The summed E-state index contributed by atoms with van der Waals surface area (Å²) in [4.78, 5) is 0. The van der Waals surface area contributed by atoms with Crippen LogP contribution in [0, 0.1) is 20.8 Å². The molecule has 3 heteroatoms. The number of hydrogen-bond donors (Lipinski definition) is 2. The van der Waals surface area contributed by atoms with Crippen molar-refractivity contribution in [2.45, 2.75) is 40.2 Å². The van der Waals surface area contributed by atoms with E-state index in [1.165, 1.54) is 22.3 Å². The van der Waals surface area contributed by atoms with Crippen LogP contribution in [0.4, 0.5) is 0 Å². The Bertz CT molecular complexity index is 400. The first-order chi connectivity index (χ1) is 8.47. The lowest BCUT2D eigenvalue weighted by atomic mass is 9.96. The van der Waals surface area contributed by atoms with Gasteiger partial charge in [-0.3, -0.25) is 0 Å². The van der Waals surface area contributed by atoms with Crippen molar-refractivity contribution >= 4 is 0 Å². The molecule has 3 nitrogen and oxygen atoms in total. The lowest BCUT2D eigenvalue weighted by molar-refractivity contribution is 0.191. The maximum Gasteiger partial charge on any atom is 0.124 e. The van der Waals surface area contributed by atoms with E-state index in [4.69, 9.17) is 4.74 Å². The van der Waals surface area contributed by atoms with Gasteiger partial charge in [0.1, 0.15) is 5.75 Å². The summed E-state index contributed by atoms with van der Waals surface area (Å²) in [6.45, 7) is 9.65. The van der Waals surface area contributed by atoms with Crippen LogP contribution in [0.1, 0.15) is 29.2 Å². The molecule has 2 N–H and O–H groups in total. The van der Waals surface area contributed by atoms with E-state index in [9.17, 15) is 5.11 Å². The molecule has 102 valence electrons. The van der Waals surface area contributed by atoms with E-state index < -0.39 is 0 Å². The van der Waals surface area contributed by atoms with Crippen LogP contribution >= 0.6 is 0 Å². The minimum absolute atomic E-state index is 0.287. The Balaban J connectivity index is 2.72. The van der Waals surface area contributed by atoms with Gasteiger partial charge in [0.15, 0.2) is 0 Å². The topological polar surface area (TPSA) is 41.5 Å². The van der Waals surface area contributed by atoms with Crippen molar-refractivity contribution in [1.29, 1.82) is 0 Å². The van der Waals surface area contributed by atoms with E-state index in [0.717, 1.165) is 18.7 Å². The molecule has 1 rings (SSSR count). The zero-order chi connectivity index (χ0) is 13.7. The minimum Gasteiger partial charge on any atom is -0.496 e. The number of ether oxygens (including phenoxy) is 1. The fraction of sp³-hybridized carbons (Fsp3) is 0.600. The summed E-state index contributed by atoms with van der Waals surface area (Å²) < 4.78 is 5.42. The van der Waals surface area contributed by atoms with Crippen molar-refractivity contribution in [1.82, 2.24) is 5.32 Å². The Hall–Kier alpha value is -1.06. The molecule has 1 atom stereocenters. The van der Waals surface area contributed by atoms with Gasteiger partial charge in [-0.25, -0.2) is 0 Å². The average molecular weight is 251 g/mol. The van der Waals surface area contributed by atoms with Gasteiger partial charge < -0.3 is 15.2 Å². The molecule has 0 saturated heterocycles. The van der Waals surface area contributed by atoms with Gasteiger partial charge in [-0.15, -0.1) is 0 Å². The van der Waals surface area contributed by atoms with Crippen LogP contribution in [0.25, 0.3) is 0 Å². The molecular weight excluding hydrogens is 226 g/mol. The number of aryl methyl sites for hydroxylation is 1. The zero-order valence-corrected chi connectivity index (χ0v) is 12.1. The second-order valence-electron chi connectivity index (χ2n) is 4.94. The van der Waals surface area contributed by atoms with E-state index in [2.05, 4.69) is 32.2 Å². The van der Waals surface area contributed by atoms with Gasteiger partial charge in [0.25, 0.3) is 0 Å². The molecule has 0 bridgehead atoms. The van der Waals surface area contributed by atoms with Gasteiger partial charge in [-0.05, 0) is 62.9 Å². The van der Waals surface area contributed by atoms with Gasteiger partial charge in [-0.2, -0.15) is 0 Å². The van der Waals surface area contributed by atoms with Crippen molar-refractivity contribution in [2.75, 3.05) is 20.2 Å². The normalized spacial score (nSPS) is 12.6. The van der Waals surface area contributed by atoms with Crippen LogP contribution in [0.3, 0.4) is 0 Å². The average Bonchev–Trinajstić information content (AvgIpc) is 2.31. The zero-order valence-electron chi connectivity index (χ0n) is 12.1. The summed E-state index contributed by atoms with van der Waals surface area (Å²) in [5.74, 6) is 0.994. The molecule has 0 amide bonds. The molecule has 18 heavy (non-hydrogen) atoms. The Morgan fingerprint density at radius 2 is 1.94 bits per heavy atom. The Labute approximate surface area is 110 Å². The number of benzene rings is 1. The van der Waals surface area contributed by atoms with Crippen molar-refractivity contribution in [2.24, 2.45) is 0 Å². The first kappa shape index (κ1) is 15.0. The molecule has 0 saturated carbocycles. The maximum atomic E-state index is 9.18. The highest BCUT2D eigenvalue weighted by Gasteiger charge is 2.10. The van der Waals surface area contributed by atoms with Crippen LogP contribution < -0.4 is 10.1 Å². The summed E-state index contributed by atoms with van der Waals surface area (Å²) in [6, 6.07) is 2.20. The highest BCUT2D eigenvalue weighted by atomic mass is 16.5. The van der Waals surface area contributed by atoms with Gasteiger partial charge >= 0.3 is 0 Å². The lowest BCUT2D eigenvalue weighted by Crippen LogP contribution is -2.26. The fourth-order valence-corrected chi connectivity index (χ4v) is 2.25. The Morgan fingerprint density at radius 3 is 2.50 bits per heavy atom. The Morgan fingerprint density at radius 1 is 1.28 bits per heavy atom. The number of aliphatic hydroxyl groups excluding tert-OH is 1. The van der Waals surface area contributed by atoms with Crippen LogP contribution in [0.2, 0.25) is 0 Å². The van der Waals surface area contributed by atoms with Gasteiger partial charge in [0.2, 0.25) is 0 Å². The maximum absolute atomic E-state index is 9.18. The third-order valence-electron chi connectivity index (χ3n) is 3.35. The molecule has 0 aromatic heterocycles. The number of methoxy groups -OCH3 is 1. The van der Waals surface area contributed by atoms with E-state index in [0.29, 0.717) is 6.54 Å². The third kappa shape index (κ3) is 3.72.